The molecule has 0 radical (unpaired) electrons. The van der Waals surface area contributed by atoms with Crippen molar-refractivity contribution in [1.82, 2.24) is 14.7 Å². The fourth-order valence-electron chi connectivity index (χ4n) is 4.26. The quantitative estimate of drug-likeness (QED) is 0.530. The maximum atomic E-state index is 12.7. The number of methoxy groups -OCH3 is 1. The normalized spacial score (nSPS) is 16.0. The highest BCUT2D eigenvalue weighted by Crippen LogP contribution is 2.28. The summed E-state index contributed by atoms with van der Waals surface area (Å²) in [6.07, 6.45) is 3.77. The van der Waals surface area contributed by atoms with E-state index in [1.54, 1.807) is 12.1 Å². The maximum absolute atomic E-state index is 12.7. The number of ether oxygens (including phenoxy) is 1. The van der Waals surface area contributed by atoms with E-state index < -0.39 is 0 Å². The Balaban J connectivity index is 1.33. The van der Waals surface area contributed by atoms with Gasteiger partial charge in [0.15, 0.2) is 0 Å². The van der Waals surface area contributed by atoms with E-state index in [0.29, 0.717) is 18.4 Å². The molecule has 1 aromatic heterocycles. The second kappa shape index (κ2) is 10.4. The minimum absolute atomic E-state index is 0.0453. The van der Waals surface area contributed by atoms with E-state index in [0.717, 1.165) is 43.0 Å². The van der Waals surface area contributed by atoms with E-state index in [1.165, 1.54) is 12.7 Å². The van der Waals surface area contributed by atoms with Crippen LogP contribution in [-0.4, -0.2) is 46.8 Å². The number of aromatic nitrogens is 2. The van der Waals surface area contributed by atoms with Crippen LogP contribution < -0.4 is 5.32 Å². The molecule has 33 heavy (non-hydrogen) atoms. The molecule has 0 aliphatic carbocycles. The number of amides is 1. The van der Waals surface area contributed by atoms with E-state index in [9.17, 15) is 9.59 Å². The number of carbonyl (C=O) groups excluding carboxylic acids is 2. The molecule has 0 bridgehead atoms. The summed E-state index contributed by atoms with van der Waals surface area (Å²) in [4.78, 5) is 26.7. The predicted molar refractivity (Wildman–Crippen MR) is 127 cm³/mol. The summed E-state index contributed by atoms with van der Waals surface area (Å²) in [6, 6.07) is 17.9. The molecule has 4 rings (SSSR count). The van der Waals surface area contributed by atoms with Crippen LogP contribution in [0.5, 0.6) is 0 Å². The Morgan fingerprint density at radius 3 is 2.58 bits per heavy atom. The van der Waals surface area contributed by atoms with Crippen LogP contribution in [0, 0.1) is 6.92 Å². The molecule has 172 valence electrons. The molecular formula is C26H30N4O3. The first-order chi connectivity index (χ1) is 16.0. The van der Waals surface area contributed by atoms with Gasteiger partial charge in [-0.25, -0.2) is 9.48 Å². The second-order valence-electron chi connectivity index (χ2n) is 8.52. The monoisotopic (exact) mass is 446 g/mol. The van der Waals surface area contributed by atoms with Gasteiger partial charge in [0.1, 0.15) is 5.82 Å². The van der Waals surface area contributed by atoms with Gasteiger partial charge in [-0.3, -0.25) is 9.69 Å². The van der Waals surface area contributed by atoms with Crippen LogP contribution in [0.15, 0.2) is 60.8 Å². The fourth-order valence-corrected chi connectivity index (χ4v) is 4.26. The molecule has 1 aliphatic rings. The number of esters is 1. The Morgan fingerprint density at radius 2 is 1.85 bits per heavy atom. The highest BCUT2D eigenvalue weighted by atomic mass is 16.5. The molecule has 0 unspecified atom stereocenters. The molecule has 1 fully saturated rings. The lowest BCUT2D eigenvalue weighted by molar-refractivity contribution is -0.116. The van der Waals surface area contributed by atoms with Gasteiger partial charge in [0.05, 0.1) is 24.9 Å². The van der Waals surface area contributed by atoms with Crippen LogP contribution >= 0.6 is 0 Å². The molecule has 3 aromatic rings. The van der Waals surface area contributed by atoms with E-state index in [4.69, 9.17) is 4.74 Å². The van der Waals surface area contributed by atoms with Crippen molar-refractivity contribution in [3.8, 4) is 0 Å². The van der Waals surface area contributed by atoms with Gasteiger partial charge in [-0.15, -0.1) is 0 Å². The van der Waals surface area contributed by atoms with Gasteiger partial charge in [0.2, 0.25) is 5.91 Å². The summed E-state index contributed by atoms with van der Waals surface area (Å²) in [5, 5.41) is 7.65. The Morgan fingerprint density at radius 1 is 1.09 bits per heavy atom. The summed E-state index contributed by atoms with van der Waals surface area (Å²) in [7, 11) is 1.36. The van der Waals surface area contributed by atoms with Gasteiger partial charge in [-0.1, -0.05) is 42.5 Å². The van der Waals surface area contributed by atoms with Gasteiger partial charge in [-0.2, -0.15) is 5.10 Å². The van der Waals surface area contributed by atoms with Crippen molar-refractivity contribution >= 4 is 17.7 Å². The van der Waals surface area contributed by atoms with Gasteiger partial charge in [0.25, 0.3) is 0 Å². The van der Waals surface area contributed by atoms with Crippen LogP contribution in [-0.2, 0) is 22.5 Å². The van der Waals surface area contributed by atoms with E-state index >= 15 is 0 Å². The van der Waals surface area contributed by atoms with Crippen molar-refractivity contribution in [1.29, 1.82) is 0 Å². The largest absolute Gasteiger partial charge is 0.465 e. The standard InChI is InChI=1S/C26H30N4O3/c1-19-16-27-30(23-14-15-29(18-23)17-21-6-4-3-5-7-21)25(19)28-24(31)13-10-20-8-11-22(12-9-20)26(32)33-2/h3-9,11-12,16,23H,10,13-15,17-18H2,1-2H3,(H,28,31)/t23-/m0/s1. The first-order valence-electron chi connectivity index (χ1n) is 11.3. The molecule has 0 saturated carbocycles. The molecule has 1 saturated heterocycles. The third kappa shape index (κ3) is 5.68. The van der Waals surface area contributed by atoms with Crippen LogP contribution in [0.25, 0.3) is 0 Å². The lowest BCUT2D eigenvalue weighted by atomic mass is 10.1. The van der Waals surface area contributed by atoms with Gasteiger partial charge in [-0.05, 0) is 43.0 Å². The number of anilines is 1. The van der Waals surface area contributed by atoms with Crippen molar-refractivity contribution in [3.05, 3.63) is 83.0 Å². The SMILES string of the molecule is COC(=O)c1ccc(CCC(=O)Nc2c(C)cnn2[C@H]2CCN(Cc3ccccc3)C2)cc1. The number of carbonyl (C=O) groups is 2. The number of benzene rings is 2. The molecule has 1 atom stereocenters. The summed E-state index contributed by atoms with van der Waals surface area (Å²) in [5.74, 6) is 0.376. The Hall–Kier alpha value is -3.45. The predicted octanol–water partition coefficient (Wildman–Crippen LogP) is 4.00. The highest BCUT2D eigenvalue weighted by molar-refractivity contribution is 5.91. The molecule has 2 aromatic carbocycles. The lowest BCUT2D eigenvalue weighted by Crippen LogP contribution is -2.23. The van der Waals surface area contributed by atoms with E-state index in [1.807, 2.05) is 36.0 Å². The number of hydrogen-bond donors (Lipinski definition) is 1. The van der Waals surface area contributed by atoms with Crippen molar-refractivity contribution < 1.29 is 14.3 Å². The number of nitrogens with zero attached hydrogens (tertiary/aromatic N) is 3. The van der Waals surface area contributed by atoms with Crippen LogP contribution in [0.2, 0.25) is 0 Å². The van der Waals surface area contributed by atoms with E-state index in [2.05, 4.69) is 39.6 Å². The minimum Gasteiger partial charge on any atom is -0.465 e. The lowest BCUT2D eigenvalue weighted by Gasteiger charge is -2.18. The van der Waals surface area contributed by atoms with Crippen molar-refractivity contribution in [2.45, 2.75) is 38.8 Å². The first-order valence-corrected chi connectivity index (χ1v) is 11.3. The number of rotatable bonds is 8. The zero-order valence-electron chi connectivity index (χ0n) is 19.2. The number of hydrogen-bond acceptors (Lipinski definition) is 5. The third-order valence-electron chi connectivity index (χ3n) is 6.09. The molecule has 7 heteroatoms. The Kier molecular flexibility index (Phi) is 7.19. The fraction of sp³-hybridized carbons (Fsp3) is 0.346. The molecule has 7 nitrogen and oxygen atoms in total. The molecule has 1 aliphatic heterocycles. The number of likely N-dealkylation sites (tertiary alicyclic amines) is 1. The topological polar surface area (TPSA) is 76.5 Å². The number of nitrogens with one attached hydrogen (secondary N) is 1. The zero-order valence-corrected chi connectivity index (χ0v) is 19.2. The van der Waals surface area contributed by atoms with Gasteiger partial charge in [0, 0.05) is 31.6 Å². The maximum Gasteiger partial charge on any atom is 0.337 e. The van der Waals surface area contributed by atoms with Crippen molar-refractivity contribution in [3.63, 3.8) is 0 Å². The summed E-state index contributed by atoms with van der Waals surface area (Å²) in [6.45, 7) is 4.81. The third-order valence-corrected chi connectivity index (χ3v) is 6.09. The highest BCUT2D eigenvalue weighted by Gasteiger charge is 2.27. The van der Waals surface area contributed by atoms with Crippen molar-refractivity contribution in [2.24, 2.45) is 0 Å². The summed E-state index contributed by atoms with van der Waals surface area (Å²) in [5.41, 5.74) is 3.77. The minimum atomic E-state index is -0.364. The van der Waals surface area contributed by atoms with E-state index in [-0.39, 0.29) is 17.9 Å². The first kappa shape index (κ1) is 22.7. The molecule has 1 N–H and O–H groups in total. The average Bonchev–Trinajstić information content (AvgIpc) is 3.44. The van der Waals surface area contributed by atoms with Gasteiger partial charge < -0.3 is 10.1 Å². The van der Waals surface area contributed by atoms with Gasteiger partial charge >= 0.3 is 5.97 Å². The van der Waals surface area contributed by atoms with Crippen LogP contribution in [0.1, 0.15) is 45.9 Å². The molecule has 0 spiro atoms. The zero-order chi connectivity index (χ0) is 23.2. The summed E-state index contributed by atoms with van der Waals surface area (Å²) < 4.78 is 6.70. The van der Waals surface area contributed by atoms with Crippen LogP contribution in [0.4, 0.5) is 5.82 Å². The van der Waals surface area contributed by atoms with Crippen molar-refractivity contribution in [2.75, 3.05) is 25.5 Å². The molecule has 2 heterocycles. The second-order valence-corrected chi connectivity index (χ2v) is 8.52. The average molecular weight is 447 g/mol. The smallest absolute Gasteiger partial charge is 0.337 e. The molecular weight excluding hydrogens is 416 g/mol. The Bertz CT molecular complexity index is 1090. The number of aryl methyl sites for hydroxylation is 2. The van der Waals surface area contributed by atoms with Crippen LogP contribution in [0.3, 0.4) is 0 Å². The summed E-state index contributed by atoms with van der Waals surface area (Å²) >= 11 is 0. The molecule has 1 amide bonds. The Labute approximate surface area is 194 Å².